The number of thioether (sulfide) groups is 1. The van der Waals surface area contributed by atoms with Crippen molar-refractivity contribution in [2.75, 3.05) is 5.75 Å². The van der Waals surface area contributed by atoms with E-state index >= 15 is 0 Å². The van der Waals surface area contributed by atoms with Gasteiger partial charge in [-0.25, -0.2) is 0 Å². The average Bonchev–Trinajstić information content (AvgIpc) is 2.34. The van der Waals surface area contributed by atoms with Gasteiger partial charge in [0, 0.05) is 11.8 Å². The molecule has 11 heavy (non-hydrogen) atoms. The third kappa shape index (κ3) is 2.71. The largest absolute Gasteiger partial charge is 0.370 e. The number of hydrogen-bond acceptors (Lipinski definition) is 3. The Bertz CT molecular complexity index is 151. The second-order valence-corrected chi connectivity index (χ2v) is 4.00. The molecule has 3 nitrogen and oxygen atoms in total. The first kappa shape index (κ1) is 8.87. The molecule has 1 fully saturated rings. The van der Waals surface area contributed by atoms with Gasteiger partial charge in [0.15, 0.2) is 0 Å². The first-order valence-electron chi connectivity index (χ1n) is 3.88. The summed E-state index contributed by atoms with van der Waals surface area (Å²) in [6.07, 6.45) is 1.59. The van der Waals surface area contributed by atoms with Crippen LogP contribution in [0.3, 0.4) is 0 Å². The molecule has 0 saturated carbocycles. The van der Waals surface area contributed by atoms with Crippen LogP contribution in [0.15, 0.2) is 0 Å². The lowest BCUT2D eigenvalue weighted by Crippen LogP contribution is -2.32. The van der Waals surface area contributed by atoms with E-state index in [-0.39, 0.29) is 11.3 Å². The summed E-state index contributed by atoms with van der Waals surface area (Å²) in [5.74, 6) is 0.890. The summed E-state index contributed by atoms with van der Waals surface area (Å²) in [6, 6.07) is 0.573. The van der Waals surface area contributed by atoms with Crippen molar-refractivity contribution in [3.63, 3.8) is 0 Å². The molecule has 64 valence electrons. The Balaban J connectivity index is 2.24. The Morgan fingerprint density at radius 2 is 2.55 bits per heavy atom. The van der Waals surface area contributed by atoms with Crippen LogP contribution in [0.5, 0.6) is 0 Å². The molecule has 1 saturated heterocycles. The van der Waals surface area contributed by atoms with E-state index in [1.54, 1.807) is 11.8 Å². The van der Waals surface area contributed by atoms with Gasteiger partial charge in [0.25, 0.3) is 0 Å². The van der Waals surface area contributed by atoms with E-state index in [0.717, 1.165) is 12.2 Å². The minimum Gasteiger partial charge on any atom is -0.370 e. The Kier molecular flexibility index (Phi) is 3.20. The van der Waals surface area contributed by atoms with Gasteiger partial charge < -0.3 is 11.1 Å². The standard InChI is InChI=1S/C7H14N2OS/c1-2-5-4-11-7(9-5)3-6(8)10/h5,7,9H,2-4H2,1H3,(H2,8,10). The van der Waals surface area contributed by atoms with Crippen molar-refractivity contribution in [3.8, 4) is 0 Å². The van der Waals surface area contributed by atoms with Gasteiger partial charge in [-0.3, -0.25) is 4.79 Å². The number of nitrogens with one attached hydrogen (secondary N) is 1. The van der Waals surface area contributed by atoms with Crippen LogP contribution in [-0.4, -0.2) is 23.1 Å². The van der Waals surface area contributed by atoms with E-state index in [9.17, 15) is 4.79 Å². The first-order valence-corrected chi connectivity index (χ1v) is 4.93. The summed E-state index contributed by atoms with van der Waals surface area (Å²) >= 11 is 1.79. The molecule has 0 aromatic carbocycles. The molecule has 0 aromatic heterocycles. The zero-order chi connectivity index (χ0) is 8.27. The molecule has 0 aliphatic carbocycles. The molecule has 1 amide bonds. The van der Waals surface area contributed by atoms with Gasteiger partial charge in [0.2, 0.25) is 5.91 Å². The number of amides is 1. The van der Waals surface area contributed by atoms with Crippen molar-refractivity contribution in [2.45, 2.75) is 31.2 Å². The molecule has 1 rings (SSSR count). The quantitative estimate of drug-likeness (QED) is 0.647. The van der Waals surface area contributed by atoms with Gasteiger partial charge in [0.05, 0.1) is 11.8 Å². The summed E-state index contributed by atoms with van der Waals surface area (Å²) in [5.41, 5.74) is 5.07. The van der Waals surface area contributed by atoms with Crippen molar-refractivity contribution < 1.29 is 4.79 Å². The maximum Gasteiger partial charge on any atom is 0.219 e. The minimum atomic E-state index is -0.216. The molecule has 0 radical (unpaired) electrons. The van der Waals surface area contributed by atoms with Crippen LogP contribution >= 0.6 is 11.8 Å². The molecule has 4 heteroatoms. The van der Waals surface area contributed by atoms with Crippen molar-refractivity contribution in [1.29, 1.82) is 0 Å². The second kappa shape index (κ2) is 3.97. The monoisotopic (exact) mass is 174 g/mol. The molecule has 1 aliphatic rings. The second-order valence-electron chi connectivity index (χ2n) is 2.76. The van der Waals surface area contributed by atoms with E-state index in [2.05, 4.69) is 12.2 Å². The molecule has 3 N–H and O–H groups in total. The van der Waals surface area contributed by atoms with Crippen LogP contribution in [0, 0.1) is 0 Å². The van der Waals surface area contributed by atoms with Crippen LogP contribution in [0.4, 0.5) is 0 Å². The molecule has 1 heterocycles. The van der Waals surface area contributed by atoms with E-state index in [0.29, 0.717) is 12.5 Å². The maximum atomic E-state index is 10.5. The molecule has 0 spiro atoms. The number of primary amides is 1. The highest BCUT2D eigenvalue weighted by molar-refractivity contribution is 8.00. The Hall–Kier alpha value is -0.220. The lowest BCUT2D eigenvalue weighted by Gasteiger charge is -2.08. The molecule has 2 unspecified atom stereocenters. The van der Waals surface area contributed by atoms with Crippen LogP contribution in [0.1, 0.15) is 19.8 Å². The molecule has 0 aromatic rings. The number of rotatable bonds is 3. The summed E-state index contributed by atoms with van der Waals surface area (Å²) < 4.78 is 0. The van der Waals surface area contributed by atoms with Crippen molar-refractivity contribution >= 4 is 17.7 Å². The predicted molar refractivity (Wildman–Crippen MR) is 47.3 cm³/mol. The van der Waals surface area contributed by atoms with Crippen molar-refractivity contribution in [1.82, 2.24) is 5.32 Å². The summed E-state index contributed by atoms with van der Waals surface area (Å²) in [6.45, 7) is 2.14. The Labute approximate surface area is 71.1 Å². The number of carbonyl (C=O) groups is 1. The van der Waals surface area contributed by atoms with Gasteiger partial charge in [0.1, 0.15) is 0 Å². The van der Waals surface area contributed by atoms with Crippen LogP contribution in [0.25, 0.3) is 0 Å². The summed E-state index contributed by atoms with van der Waals surface area (Å²) in [7, 11) is 0. The van der Waals surface area contributed by atoms with Gasteiger partial charge in [-0.1, -0.05) is 6.92 Å². The highest BCUT2D eigenvalue weighted by Crippen LogP contribution is 2.22. The smallest absolute Gasteiger partial charge is 0.219 e. The summed E-state index contributed by atoms with van der Waals surface area (Å²) in [4.78, 5) is 10.5. The van der Waals surface area contributed by atoms with E-state index < -0.39 is 0 Å². The van der Waals surface area contributed by atoms with E-state index in [1.807, 2.05) is 0 Å². The molecular weight excluding hydrogens is 160 g/mol. The average molecular weight is 174 g/mol. The normalized spacial score (nSPS) is 30.6. The zero-order valence-corrected chi connectivity index (χ0v) is 7.49. The summed E-state index contributed by atoms with van der Waals surface area (Å²) in [5, 5.41) is 3.60. The van der Waals surface area contributed by atoms with Gasteiger partial charge in [-0.2, -0.15) is 0 Å². The first-order chi connectivity index (χ1) is 5.22. The third-order valence-corrected chi connectivity index (χ3v) is 3.10. The van der Waals surface area contributed by atoms with E-state index in [1.165, 1.54) is 0 Å². The topological polar surface area (TPSA) is 55.1 Å². The van der Waals surface area contributed by atoms with Gasteiger partial charge in [-0.05, 0) is 6.42 Å². The molecule has 2 atom stereocenters. The minimum absolute atomic E-state index is 0.216. The van der Waals surface area contributed by atoms with Crippen LogP contribution in [0.2, 0.25) is 0 Å². The van der Waals surface area contributed by atoms with Crippen molar-refractivity contribution in [2.24, 2.45) is 5.73 Å². The fourth-order valence-corrected chi connectivity index (χ4v) is 2.50. The highest BCUT2D eigenvalue weighted by atomic mass is 32.2. The highest BCUT2D eigenvalue weighted by Gasteiger charge is 2.23. The van der Waals surface area contributed by atoms with E-state index in [4.69, 9.17) is 5.73 Å². The zero-order valence-electron chi connectivity index (χ0n) is 6.67. The van der Waals surface area contributed by atoms with Gasteiger partial charge >= 0.3 is 0 Å². The molecular formula is C7H14N2OS. The van der Waals surface area contributed by atoms with Crippen molar-refractivity contribution in [3.05, 3.63) is 0 Å². The molecule has 0 bridgehead atoms. The number of nitrogens with two attached hydrogens (primary N) is 1. The fraction of sp³-hybridized carbons (Fsp3) is 0.857. The fourth-order valence-electron chi connectivity index (χ4n) is 1.13. The predicted octanol–water partition coefficient (Wildman–Crippen LogP) is 0.303. The lowest BCUT2D eigenvalue weighted by molar-refractivity contribution is -0.118. The van der Waals surface area contributed by atoms with Crippen LogP contribution < -0.4 is 11.1 Å². The third-order valence-electron chi connectivity index (χ3n) is 1.80. The number of carbonyl (C=O) groups excluding carboxylic acids is 1. The van der Waals surface area contributed by atoms with Crippen LogP contribution in [-0.2, 0) is 4.79 Å². The van der Waals surface area contributed by atoms with Gasteiger partial charge in [-0.15, -0.1) is 11.8 Å². The maximum absolute atomic E-state index is 10.5. The molecule has 1 aliphatic heterocycles. The lowest BCUT2D eigenvalue weighted by atomic mass is 10.2. The number of hydrogen-bond donors (Lipinski definition) is 2. The SMILES string of the molecule is CCC1CSC(CC(N)=O)N1. The Morgan fingerprint density at radius 1 is 1.82 bits per heavy atom. The Morgan fingerprint density at radius 3 is 3.00 bits per heavy atom.